The summed E-state index contributed by atoms with van der Waals surface area (Å²) in [5.74, 6) is -0.0611. The Bertz CT molecular complexity index is 793. The van der Waals surface area contributed by atoms with E-state index in [4.69, 9.17) is 4.74 Å². The normalized spacial score (nSPS) is 11.6. The molecule has 1 N–H and O–H groups in total. The largest absolute Gasteiger partial charge is 0.497 e. The van der Waals surface area contributed by atoms with Crippen LogP contribution >= 0.6 is 0 Å². The summed E-state index contributed by atoms with van der Waals surface area (Å²) in [5, 5.41) is 2.84. The highest BCUT2D eigenvalue weighted by Gasteiger charge is 2.26. The standard InChI is InChI=1S/C22H27FN2O3/c1-4-12-24-22(27)16(2)25(15-18-6-5-7-20(13-18)28-3)21(26)14-17-8-10-19(23)11-9-17/h5-11,13,16H,4,12,14-15H2,1-3H3,(H,24,27). The molecule has 0 radical (unpaired) electrons. The van der Waals surface area contributed by atoms with Gasteiger partial charge in [0.1, 0.15) is 17.6 Å². The molecule has 2 aromatic carbocycles. The smallest absolute Gasteiger partial charge is 0.242 e. The topological polar surface area (TPSA) is 58.6 Å². The number of carbonyl (C=O) groups is 2. The van der Waals surface area contributed by atoms with Crippen LogP contribution in [0.25, 0.3) is 0 Å². The molecule has 1 atom stereocenters. The van der Waals surface area contributed by atoms with Gasteiger partial charge in [-0.3, -0.25) is 9.59 Å². The van der Waals surface area contributed by atoms with Crippen LogP contribution in [0.15, 0.2) is 48.5 Å². The van der Waals surface area contributed by atoms with Crippen LogP contribution in [0.3, 0.4) is 0 Å². The van der Waals surface area contributed by atoms with E-state index in [0.29, 0.717) is 17.9 Å². The van der Waals surface area contributed by atoms with Crippen molar-refractivity contribution in [2.45, 2.75) is 39.3 Å². The third kappa shape index (κ3) is 6.08. The molecule has 2 rings (SSSR count). The number of ether oxygens (including phenoxy) is 1. The van der Waals surface area contributed by atoms with E-state index in [9.17, 15) is 14.0 Å². The highest BCUT2D eigenvalue weighted by Crippen LogP contribution is 2.17. The van der Waals surface area contributed by atoms with Gasteiger partial charge in [-0.2, -0.15) is 0 Å². The maximum atomic E-state index is 13.1. The molecule has 0 aliphatic carbocycles. The Morgan fingerprint density at radius 3 is 2.50 bits per heavy atom. The van der Waals surface area contributed by atoms with Gasteiger partial charge in [0, 0.05) is 13.1 Å². The molecule has 5 nitrogen and oxygen atoms in total. The molecule has 0 aliphatic rings. The highest BCUT2D eigenvalue weighted by atomic mass is 19.1. The lowest BCUT2D eigenvalue weighted by Gasteiger charge is -2.29. The Morgan fingerprint density at radius 1 is 1.14 bits per heavy atom. The Balaban J connectivity index is 2.21. The predicted octanol–water partition coefficient (Wildman–Crippen LogP) is 3.32. The van der Waals surface area contributed by atoms with Gasteiger partial charge in [0.2, 0.25) is 11.8 Å². The first-order valence-corrected chi connectivity index (χ1v) is 9.39. The summed E-state index contributed by atoms with van der Waals surface area (Å²) < 4.78 is 18.4. The lowest BCUT2D eigenvalue weighted by Crippen LogP contribution is -2.48. The fraction of sp³-hybridized carbons (Fsp3) is 0.364. The van der Waals surface area contributed by atoms with E-state index >= 15 is 0 Å². The number of amides is 2. The molecule has 0 spiro atoms. The van der Waals surface area contributed by atoms with E-state index in [1.165, 1.54) is 12.1 Å². The number of nitrogens with one attached hydrogen (secondary N) is 1. The molecular formula is C22H27FN2O3. The molecule has 6 heteroatoms. The average Bonchev–Trinajstić information content (AvgIpc) is 2.71. The quantitative estimate of drug-likeness (QED) is 0.719. The number of rotatable bonds is 9. The summed E-state index contributed by atoms with van der Waals surface area (Å²) in [6.07, 6.45) is 0.910. The van der Waals surface area contributed by atoms with E-state index in [2.05, 4.69) is 5.32 Å². The van der Waals surface area contributed by atoms with Crippen LogP contribution in [0.5, 0.6) is 5.75 Å². The molecule has 0 aromatic heterocycles. The second-order valence-corrected chi connectivity index (χ2v) is 6.64. The van der Waals surface area contributed by atoms with Gasteiger partial charge in [-0.15, -0.1) is 0 Å². The van der Waals surface area contributed by atoms with Crippen molar-refractivity contribution in [2.24, 2.45) is 0 Å². The minimum atomic E-state index is -0.634. The third-order valence-electron chi connectivity index (χ3n) is 4.47. The van der Waals surface area contributed by atoms with Gasteiger partial charge in [-0.1, -0.05) is 31.2 Å². The van der Waals surface area contributed by atoms with Crippen molar-refractivity contribution in [1.82, 2.24) is 10.2 Å². The van der Waals surface area contributed by atoms with Crippen molar-refractivity contribution in [3.63, 3.8) is 0 Å². The second kappa shape index (κ2) is 10.4. The Kier molecular flexibility index (Phi) is 7.99. The molecule has 1 unspecified atom stereocenters. The summed E-state index contributed by atoms with van der Waals surface area (Å²) in [6, 6.07) is 12.6. The summed E-state index contributed by atoms with van der Waals surface area (Å²) in [5.41, 5.74) is 1.56. The number of halogens is 1. The molecule has 150 valence electrons. The molecule has 0 bridgehead atoms. The van der Waals surface area contributed by atoms with Gasteiger partial charge < -0.3 is 15.0 Å². The van der Waals surface area contributed by atoms with Gasteiger partial charge in [0.05, 0.1) is 13.5 Å². The minimum absolute atomic E-state index is 0.0929. The Hall–Kier alpha value is -2.89. The monoisotopic (exact) mass is 386 g/mol. The molecular weight excluding hydrogens is 359 g/mol. The van der Waals surface area contributed by atoms with Gasteiger partial charge >= 0.3 is 0 Å². The molecule has 0 heterocycles. The maximum Gasteiger partial charge on any atom is 0.242 e. The van der Waals surface area contributed by atoms with E-state index in [1.807, 2.05) is 31.2 Å². The maximum absolute atomic E-state index is 13.1. The van der Waals surface area contributed by atoms with E-state index < -0.39 is 6.04 Å². The summed E-state index contributed by atoms with van der Waals surface area (Å²) in [7, 11) is 1.58. The summed E-state index contributed by atoms with van der Waals surface area (Å²) in [4.78, 5) is 27.0. The first kappa shape index (κ1) is 21.4. The van der Waals surface area contributed by atoms with E-state index in [-0.39, 0.29) is 30.6 Å². The van der Waals surface area contributed by atoms with Crippen LogP contribution < -0.4 is 10.1 Å². The number of hydrogen-bond donors (Lipinski definition) is 1. The number of carbonyl (C=O) groups excluding carboxylic acids is 2. The lowest BCUT2D eigenvalue weighted by molar-refractivity contribution is -0.140. The Labute approximate surface area is 165 Å². The molecule has 0 fully saturated rings. The molecule has 0 saturated heterocycles. The SMILES string of the molecule is CCCNC(=O)C(C)N(Cc1cccc(OC)c1)C(=O)Cc1ccc(F)cc1. The van der Waals surface area contributed by atoms with Crippen molar-refractivity contribution in [3.05, 3.63) is 65.5 Å². The molecule has 0 aliphatic heterocycles. The zero-order valence-electron chi connectivity index (χ0n) is 16.6. The molecule has 2 amide bonds. The van der Waals surface area contributed by atoms with Gasteiger partial charge in [-0.25, -0.2) is 4.39 Å². The van der Waals surface area contributed by atoms with Crippen molar-refractivity contribution in [3.8, 4) is 5.75 Å². The van der Waals surface area contributed by atoms with E-state index in [1.54, 1.807) is 31.1 Å². The summed E-state index contributed by atoms with van der Waals surface area (Å²) >= 11 is 0. The lowest BCUT2D eigenvalue weighted by atomic mass is 10.1. The number of benzene rings is 2. The van der Waals surface area contributed by atoms with Crippen LogP contribution in [-0.4, -0.2) is 36.4 Å². The van der Waals surface area contributed by atoms with Crippen LogP contribution in [0, 0.1) is 5.82 Å². The van der Waals surface area contributed by atoms with Crippen molar-refractivity contribution in [1.29, 1.82) is 0 Å². The second-order valence-electron chi connectivity index (χ2n) is 6.64. The highest BCUT2D eigenvalue weighted by molar-refractivity contribution is 5.88. The number of nitrogens with zero attached hydrogens (tertiary/aromatic N) is 1. The fourth-order valence-electron chi connectivity index (χ4n) is 2.82. The fourth-order valence-corrected chi connectivity index (χ4v) is 2.82. The average molecular weight is 386 g/mol. The zero-order chi connectivity index (χ0) is 20.5. The van der Waals surface area contributed by atoms with Crippen LogP contribution in [-0.2, 0) is 22.6 Å². The summed E-state index contributed by atoms with van der Waals surface area (Å²) in [6.45, 7) is 4.52. The van der Waals surface area contributed by atoms with Gasteiger partial charge in [-0.05, 0) is 48.7 Å². The van der Waals surface area contributed by atoms with Crippen LogP contribution in [0.4, 0.5) is 4.39 Å². The molecule has 28 heavy (non-hydrogen) atoms. The Morgan fingerprint density at radius 2 is 1.86 bits per heavy atom. The zero-order valence-corrected chi connectivity index (χ0v) is 16.6. The number of methoxy groups -OCH3 is 1. The number of hydrogen-bond acceptors (Lipinski definition) is 3. The van der Waals surface area contributed by atoms with Crippen LogP contribution in [0.1, 0.15) is 31.4 Å². The van der Waals surface area contributed by atoms with Crippen molar-refractivity contribution in [2.75, 3.05) is 13.7 Å². The first-order chi connectivity index (χ1) is 13.4. The van der Waals surface area contributed by atoms with E-state index in [0.717, 1.165) is 12.0 Å². The molecule has 2 aromatic rings. The first-order valence-electron chi connectivity index (χ1n) is 9.39. The third-order valence-corrected chi connectivity index (χ3v) is 4.47. The minimum Gasteiger partial charge on any atom is -0.497 e. The van der Waals surface area contributed by atoms with Crippen molar-refractivity contribution < 1.29 is 18.7 Å². The van der Waals surface area contributed by atoms with Crippen molar-refractivity contribution >= 4 is 11.8 Å². The molecule has 0 saturated carbocycles. The predicted molar refractivity (Wildman–Crippen MR) is 106 cm³/mol. The van der Waals surface area contributed by atoms with Crippen LogP contribution in [0.2, 0.25) is 0 Å². The van der Waals surface area contributed by atoms with Gasteiger partial charge in [0.15, 0.2) is 0 Å². The van der Waals surface area contributed by atoms with Gasteiger partial charge in [0.25, 0.3) is 0 Å².